The number of benzene rings is 2. The summed E-state index contributed by atoms with van der Waals surface area (Å²) in [5.41, 5.74) is 10.6. The predicted molar refractivity (Wildman–Crippen MR) is 123 cm³/mol. The van der Waals surface area contributed by atoms with Crippen LogP contribution < -0.4 is 5.73 Å². The molecule has 8 heteroatoms. The lowest BCUT2D eigenvalue weighted by atomic mass is 9.82. The van der Waals surface area contributed by atoms with E-state index in [1.54, 1.807) is 0 Å². The first-order valence-electron chi connectivity index (χ1n) is 10.1. The van der Waals surface area contributed by atoms with Gasteiger partial charge in [0.25, 0.3) is 0 Å². The van der Waals surface area contributed by atoms with Crippen LogP contribution in [0.25, 0.3) is 0 Å². The van der Waals surface area contributed by atoms with Crippen molar-refractivity contribution >= 4 is 24.9 Å². The number of hydrogen-bond acceptors (Lipinski definition) is 6. The number of nitrogens with zero attached hydrogens (tertiary/aromatic N) is 1. The van der Waals surface area contributed by atoms with Gasteiger partial charge in [-0.15, -0.1) is 0 Å². The SMILES string of the molecule is C.NC(CCCCB(O)O)C1Cc2ccccc2CN1Cc1ccc(Cl)cc1.O=C=O. The van der Waals surface area contributed by atoms with Crippen molar-refractivity contribution in [1.82, 2.24) is 4.90 Å². The predicted octanol–water partition coefficient (Wildman–Crippen LogP) is 3.29. The molecular weight excluding hydrogens is 415 g/mol. The quantitative estimate of drug-likeness (QED) is 0.424. The van der Waals surface area contributed by atoms with Gasteiger partial charge in [-0.3, -0.25) is 4.90 Å². The fourth-order valence-corrected chi connectivity index (χ4v) is 4.05. The van der Waals surface area contributed by atoms with E-state index in [4.69, 9.17) is 37.0 Å². The van der Waals surface area contributed by atoms with Crippen LogP contribution >= 0.6 is 11.6 Å². The molecule has 0 radical (unpaired) electrons. The molecule has 0 aliphatic carbocycles. The van der Waals surface area contributed by atoms with Crippen molar-refractivity contribution in [3.8, 4) is 0 Å². The van der Waals surface area contributed by atoms with Gasteiger partial charge in [0, 0.05) is 30.2 Å². The maximum atomic E-state index is 9.01. The standard InChI is InChI=1S/C21H28BClN2O2.CO2.CH4/c23-19-10-8-16(9-11-19)14-25-15-18-6-2-1-5-17(18)13-21(25)20(24)7-3-4-12-22(26)27;2-1-3;/h1-2,5-6,8-11,20-21,26-27H,3-4,7,12-15,24H2;;1H4. The lowest BCUT2D eigenvalue weighted by molar-refractivity contribution is -0.191. The molecule has 1 heterocycles. The van der Waals surface area contributed by atoms with Gasteiger partial charge in [-0.2, -0.15) is 9.59 Å². The molecule has 0 saturated heterocycles. The van der Waals surface area contributed by atoms with Crippen molar-refractivity contribution in [2.75, 3.05) is 0 Å². The molecule has 2 aromatic carbocycles. The van der Waals surface area contributed by atoms with E-state index in [2.05, 4.69) is 41.3 Å². The molecule has 4 N–H and O–H groups in total. The smallest absolute Gasteiger partial charge is 0.427 e. The van der Waals surface area contributed by atoms with Crippen LogP contribution in [0.2, 0.25) is 11.3 Å². The summed E-state index contributed by atoms with van der Waals surface area (Å²) in [4.78, 5) is 18.7. The van der Waals surface area contributed by atoms with Gasteiger partial charge in [0.2, 0.25) is 0 Å². The lowest BCUT2D eigenvalue weighted by Crippen LogP contribution is -2.50. The van der Waals surface area contributed by atoms with E-state index in [-0.39, 0.29) is 25.7 Å². The largest absolute Gasteiger partial charge is 0.451 e. The summed E-state index contributed by atoms with van der Waals surface area (Å²) >= 11 is 6.02. The Morgan fingerprint density at radius 3 is 2.32 bits per heavy atom. The highest BCUT2D eigenvalue weighted by molar-refractivity contribution is 6.40. The molecule has 0 fully saturated rings. The van der Waals surface area contributed by atoms with Crippen LogP contribution in [-0.4, -0.2) is 40.3 Å². The Morgan fingerprint density at radius 2 is 1.71 bits per heavy atom. The van der Waals surface area contributed by atoms with Crippen molar-refractivity contribution in [2.45, 2.75) is 64.6 Å². The number of rotatable bonds is 8. The minimum atomic E-state index is -1.22. The molecule has 0 aromatic heterocycles. The third-order valence-corrected chi connectivity index (χ3v) is 5.68. The zero-order chi connectivity index (χ0) is 21.9. The maximum absolute atomic E-state index is 9.01. The number of unbranched alkanes of at least 4 members (excludes halogenated alkanes) is 1. The summed E-state index contributed by atoms with van der Waals surface area (Å²) in [7, 11) is -1.22. The lowest BCUT2D eigenvalue weighted by Gasteiger charge is -2.40. The Kier molecular flexibility index (Phi) is 12.3. The van der Waals surface area contributed by atoms with Gasteiger partial charge < -0.3 is 15.8 Å². The van der Waals surface area contributed by atoms with Gasteiger partial charge in [-0.05, 0) is 48.0 Å². The zero-order valence-corrected chi connectivity index (χ0v) is 17.7. The van der Waals surface area contributed by atoms with E-state index in [1.807, 2.05) is 12.1 Å². The van der Waals surface area contributed by atoms with Crippen LogP contribution in [0.5, 0.6) is 0 Å². The van der Waals surface area contributed by atoms with Crippen molar-refractivity contribution < 1.29 is 19.6 Å². The molecule has 3 rings (SSSR count). The summed E-state index contributed by atoms with van der Waals surface area (Å²) in [6.07, 6.45) is 4.19. The van der Waals surface area contributed by atoms with E-state index in [0.717, 1.165) is 43.8 Å². The average molecular weight is 447 g/mol. The van der Waals surface area contributed by atoms with Gasteiger partial charge >= 0.3 is 13.3 Å². The van der Waals surface area contributed by atoms with Crippen LogP contribution in [0.3, 0.4) is 0 Å². The number of hydrogen-bond donors (Lipinski definition) is 3. The minimum absolute atomic E-state index is 0. The second-order valence-corrected chi connectivity index (χ2v) is 8.02. The molecule has 2 atom stereocenters. The molecule has 1 aliphatic rings. The van der Waals surface area contributed by atoms with Crippen LogP contribution in [0, 0.1) is 0 Å². The van der Waals surface area contributed by atoms with Crippen molar-refractivity contribution in [2.24, 2.45) is 5.73 Å². The molecule has 1 aliphatic heterocycles. The minimum Gasteiger partial charge on any atom is -0.427 e. The van der Waals surface area contributed by atoms with Crippen molar-refractivity contribution in [1.29, 1.82) is 0 Å². The fourth-order valence-electron chi connectivity index (χ4n) is 3.92. The van der Waals surface area contributed by atoms with Crippen molar-refractivity contribution in [3.63, 3.8) is 0 Å². The normalized spacial score (nSPS) is 16.1. The zero-order valence-electron chi connectivity index (χ0n) is 16.9. The fraction of sp³-hybridized carbons (Fsp3) is 0.435. The van der Waals surface area contributed by atoms with Crippen LogP contribution in [-0.2, 0) is 29.1 Å². The van der Waals surface area contributed by atoms with E-state index in [1.165, 1.54) is 16.7 Å². The monoisotopic (exact) mass is 446 g/mol. The third-order valence-electron chi connectivity index (χ3n) is 5.43. The van der Waals surface area contributed by atoms with Crippen LogP contribution in [0.15, 0.2) is 48.5 Å². The van der Waals surface area contributed by atoms with Crippen molar-refractivity contribution in [3.05, 3.63) is 70.2 Å². The summed E-state index contributed by atoms with van der Waals surface area (Å²) in [5, 5.41) is 18.8. The molecule has 0 saturated carbocycles. The van der Waals surface area contributed by atoms with E-state index in [9.17, 15) is 0 Å². The topological polar surface area (TPSA) is 104 Å². The van der Waals surface area contributed by atoms with Gasteiger partial charge in [-0.25, -0.2) is 0 Å². The third kappa shape index (κ3) is 8.95. The van der Waals surface area contributed by atoms with Gasteiger partial charge in [0.1, 0.15) is 0 Å². The highest BCUT2D eigenvalue weighted by Crippen LogP contribution is 2.28. The number of fused-ring (bicyclic) bond motifs is 1. The summed E-state index contributed by atoms with van der Waals surface area (Å²) < 4.78 is 0. The first-order valence-corrected chi connectivity index (χ1v) is 10.5. The van der Waals surface area contributed by atoms with Gasteiger partial charge in [-0.1, -0.05) is 68.3 Å². The maximum Gasteiger partial charge on any atom is 0.451 e. The summed E-state index contributed by atoms with van der Waals surface area (Å²) in [5.74, 6) is 0. The highest BCUT2D eigenvalue weighted by Gasteiger charge is 2.30. The molecule has 6 nitrogen and oxygen atoms in total. The van der Waals surface area contributed by atoms with Crippen LogP contribution in [0.4, 0.5) is 0 Å². The van der Waals surface area contributed by atoms with E-state index >= 15 is 0 Å². The first kappa shape index (κ1) is 27.0. The Labute approximate surface area is 190 Å². The molecule has 2 unspecified atom stereocenters. The molecular formula is C23H32BClN2O4. The van der Waals surface area contributed by atoms with Crippen LogP contribution in [0.1, 0.15) is 43.4 Å². The molecule has 31 heavy (non-hydrogen) atoms. The van der Waals surface area contributed by atoms with E-state index in [0.29, 0.717) is 6.32 Å². The Balaban J connectivity index is 0.00000113. The van der Waals surface area contributed by atoms with E-state index < -0.39 is 7.12 Å². The number of carbonyl (C=O) groups excluding carboxylic acids is 2. The highest BCUT2D eigenvalue weighted by atomic mass is 35.5. The second-order valence-electron chi connectivity index (χ2n) is 7.58. The molecule has 0 spiro atoms. The molecule has 2 aromatic rings. The Morgan fingerprint density at radius 1 is 1.10 bits per heavy atom. The Hall–Kier alpha value is -1.99. The molecule has 0 bridgehead atoms. The van der Waals surface area contributed by atoms with Gasteiger partial charge in [0.15, 0.2) is 0 Å². The Bertz CT molecular complexity index is 813. The van der Waals surface area contributed by atoms with Gasteiger partial charge in [0.05, 0.1) is 0 Å². The number of nitrogens with two attached hydrogens (primary N) is 1. The molecule has 168 valence electrons. The second kappa shape index (κ2) is 14.1. The first-order chi connectivity index (χ1) is 14.4. The average Bonchev–Trinajstić information content (AvgIpc) is 2.72. The molecule has 0 amide bonds. The number of halogens is 1. The summed E-state index contributed by atoms with van der Waals surface area (Å²) in [6, 6.07) is 17.0. The summed E-state index contributed by atoms with van der Waals surface area (Å²) in [6.45, 7) is 1.74.